The fourth-order valence-electron chi connectivity index (χ4n) is 4.50. The number of aldehydes is 2. The molecule has 3 aromatic rings. The van der Waals surface area contributed by atoms with Gasteiger partial charge in [-0.15, -0.1) is 0 Å². The number of hydrogen-bond donors (Lipinski definition) is 0. The molecule has 0 fully saturated rings. The number of carbonyl (C=O) groups excluding carboxylic acids is 2. The third-order valence-corrected chi connectivity index (χ3v) is 6.81. The van der Waals surface area contributed by atoms with Crippen LogP contribution < -0.4 is 9.80 Å². The Labute approximate surface area is 340 Å². The van der Waals surface area contributed by atoms with Gasteiger partial charge < -0.3 is 19.3 Å². The number of anilines is 4. The number of nitrogens with zero attached hydrogens (tertiary/aromatic N) is 2. The van der Waals surface area contributed by atoms with Gasteiger partial charge in [0, 0.05) is 48.4 Å². The number of hydrogen-bond acceptors (Lipinski definition) is 6. The fourth-order valence-corrected chi connectivity index (χ4v) is 4.50. The molecule has 3 rings (SSSR count). The molecule has 0 bridgehead atoms. The first-order chi connectivity index (χ1) is 27.0. The molecule has 0 aromatic heterocycles. The minimum atomic E-state index is 0.574. The van der Waals surface area contributed by atoms with E-state index in [2.05, 4.69) is 150 Å². The van der Waals surface area contributed by atoms with Crippen molar-refractivity contribution < 1.29 is 19.1 Å². The molecule has 6 nitrogen and oxygen atoms in total. The number of methoxy groups -OCH3 is 2. The maximum absolute atomic E-state index is 9.41. The third-order valence-electron chi connectivity index (χ3n) is 6.81. The molecule has 0 heterocycles. The maximum Gasteiger partial charge on any atom is 0.145 e. The lowest BCUT2D eigenvalue weighted by Gasteiger charge is -2.29. The Balaban J connectivity index is 0. The predicted octanol–water partition coefficient (Wildman–Crippen LogP) is 13.2. The van der Waals surface area contributed by atoms with E-state index in [1.807, 2.05) is 24.3 Å². The summed E-state index contributed by atoms with van der Waals surface area (Å²) in [4.78, 5) is 23.2. The average Bonchev–Trinajstić information content (AvgIpc) is 3.20. The van der Waals surface area contributed by atoms with Crippen LogP contribution in [0.5, 0.6) is 0 Å². The van der Waals surface area contributed by atoms with Crippen LogP contribution >= 0.6 is 0 Å². The van der Waals surface area contributed by atoms with Crippen molar-refractivity contribution in [3.63, 3.8) is 0 Å². The van der Waals surface area contributed by atoms with Crippen LogP contribution in [-0.4, -0.2) is 40.0 Å². The van der Waals surface area contributed by atoms with Crippen molar-refractivity contribution in [1.82, 2.24) is 0 Å². The first kappa shape index (κ1) is 52.5. The molecule has 0 saturated heterocycles. The Morgan fingerprint density at radius 2 is 0.875 bits per heavy atom. The van der Waals surface area contributed by atoms with E-state index in [9.17, 15) is 9.59 Å². The molecule has 0 atom stereocenters. The van der Waals surface area contributed by atoms with Gasteiger partial charge in [-0.2, -0.15) is 0 Å². The molecule has 0 aliphatic rings. The van der Waals surface area contributed by atoms with Crippen molar-refractivity contribution in [3.05, 3.63) is 182 Å². The molecule has 6 heteroatoms. The van der Waals surface area contributed by atoms with E-state index in [-0.39, 0.29) is 0 Å². The van der Waals surface area contributed by atoms with E-state index in [4.69, 9.17) is 9.47 Å². The van der Waals surface area contributed by atoms with Gasteiger partial charge >= 0.3 is 0 Å². The van der Waals surface area contributed by atoms with Crippen LogP contribution in [0.3, 0.4) is 0 Å². The summed E-state index contributed by atoms with van der Waals surface area (Å²) >= 11 is 0. The average molecular weight is 761 g/mol. The van der Waals surface area contributed by atoms with Crippen molar-refractivity contribution in [2.45, 2.75) is 67.2 Å². The van der Waals surface area contributed by atoms with E-state index in [1.165, 1.54) is 24.0 Å². The molecule has 0 radical (unpaired) electrons. The normalized spacial score (nSPS) is 10.1. The van der Waals surface area contributed by atoms with Crippen LogP contribution in [0, 0.1) is 0 Å². The zero-order valence-corrected chi connectivity index (χ0v) is 35.6. The number of ether oxygens (including phenoxy) is 2. The summed E-state index contributed by atoms with van der Waals surface area (Å²) in [5.41, 5.74) is 9.48. The second-order valence-electron chi connectivity index (χ2n) is 12.4. The predicted molar refractivity (Wildman–Crippen MR) is 245 cm³/mol. The van der Waals surface area contributed by atoms with Crippen molar-refractivity contribution in [2.24, 2.45) is 0 Å². The van der Waals surface area contributed by atoms with E-state index in [0.29, 0.717) is 24.4 Å². The molecular weight excluding hydrogens is 693 g/mol. The molecule has 0 aliphatic heterocycles. The smallest absolute Gasteiger partial charge is 0.145 e. The van der Waals surface area contributed by atoms with Gasteiger partial charge in [0.25, 0.3) is 0 Å². The highest BCUT2D eigenvalue weighted by Gasteiger charge is 2.17. The van der Waals surface area contributed by atoms with Gasteiger partial charge in [0.1, 0.15) is 12.6 Å². The first-order valence-electron chi connectivity index (χ1n) is 18.9. The Bertz CT molecular complexity index is 1560. The van der Waals surface area contributed by atoms with Gasteiger partial charge in [-0.05, 0) is 122 Å². The topological polar surface area (TPSA) is 59.1 Å². The highest BCUT2D eigenvalue weighted by atomic mass is 16.5. The molecule has 56 heavy (non-hydrogen) atoms. The molecule has 3 aromatic carbocycles. The van der Waals surface area contributed by atoms with Gasteiger partial charge in [0.15, 0.2) is 0 Å². The number of benzene rings is 3. The monoisotopic (exact) mass is 761 g/mol. The van der Waals surface area contributed by atoms with Crippen LogP contribution in [0.25, 0.3) is 0 Å². The highest BCUT2D eigenvalue weighted by Crippen LogP contribution is 2.36. The number of allylic oxidation sites excluding steroid dienone is 8. The Morgan fingerprint density at radius 1 is 0.571 bits per heavy atom. The summed E-state index contributed by atoms with van der Waals surface area (Å²) in [6.45, 7) is 35.7. The van der Waals surface area contributed by atoms with E-state index in [1.54, 1.807) is 40.2 Å². The van der Waals surface area contributed by atoms with Crippen molar-refractivity contribution in [1.29, 1.82) is 0 Å². The summed E-state index contributed by atoms with van der Waals surface area (Å²) < 4.78 is 10.6. The molecular formula is C50H68N2O4. The second kappa shape index (κ2) is 34.0. The summed E-state index contributed by atoms with van der Waals surface area (Å²) in [6.07, 6.45) is 16.8. The van der Waals surface area contributed by atoms with Crippen LogP contribution in [0.4, 0.5) is 22.7 Å². The standard InChI is InChI=1S/C36H40N2O2.2C4H6O.2C3H8/c1-7-13-31(9-3)37(35-17-11-15-29(27-35)23-25-39-5)33-19-21-34(22-20-33)38(32(10-4)14-8-2)36-18-12-16-30(28-36)24-26-40-6;2*1-4(2)3-5;2*1-3-2/h7-22,27-28H,1-4,23-26H2,5-6H3;2*3H,1H2,2H3;2*3H2,1-2H3/b31-13+,32-14+;;;;. The van der Waals surface area contributed by atoms with Crippen LogP contribution in [-0.2, 0) is 31.9 Å². The van der Waals surface area contributed by atoms with Gasteiger partial charge in [0.05, 0.1) is 13.2 Å². The van der Waals surface area contributed by atoms with Gasteiger partial charge in [-0.1, -0.05) is 116 Å². The van der Waals surface area contributed by atoms with Gasteiger partial charge in [0.2, 0.25) is 0 Å². The molecule has 0 aliphatic carbocycles. The van der Waals surface area contributed by atoms with Crippen LogP contribution in [0.15, 0.2) is 171 Å². The summed E-state index contributed by atoms with van der Waals surface area (Å²) in [5.74, 6) is 0. The van der Waals surface area contributed by atoms with Crippen molar-refractivity contribution >= 4 is 35.3 Å². The molecule has 0 saturated carbocycles. The fraction of sp³-hybridized carbons (Fsp3) is 0.280. The molecule has 302 valence electrons. The zero-order valence-electron chi connectivity index (χ0n) is 35.6. The van der Waals surface area contributed by atoms with Crippen LogP contribution in [0.2, 0.25) is 0 Å². The third kappa shape index (κ3) is 22.0. The summed E-state index contributed by atoms with van der Waals surface area (Å²) in [6, 6.07) is 25.4. The number of carbonyl (C=O) groups is 2. The van der Waals surface area contributed by atoms with Gasteiger partial charge in [-0.3, -0.25) is 9.59 Å². The molecule has 0 N–H and O–H groups in total. The zero-order chi connectivity index (χ0) is 42.7. The largest absolute Gasteiger partial charge is 0.384 e. The molecule has 0 unspecified atom stereocenters. The van der Waals surface area contributed by atoms with E-state index >= 15 is 0 Å². The lowest BCUT2D eigenvalue weighted by Crippen LogP contribution is -2.17. The van der Waals surface area contributed by atoms with Crippen molar-refractivity contribution in [2.75, 3.05) is 37.2 Å². The summed E-state index contributed by atoms with van der Waals surface area (Å²) in [5, 5.41) is 0. The maximum atomic E-state index is 9.41. The van der Waals surface area contributed by atoms with E-state index < -0.39 is 0 Å². The Hall–Kier alpha value is -5.56. The minimum absolute atomic E-state index is 0.574. The number of rotatable bonds is 18. The van der Waals surface area contributed by atoms with Crippen molar-refractivity contribution in [3.8, 4) is 0 Å². The SMILES string of the molecule is C=C(C)C=O.C=C(C)C=O.C=C/C=C(\C=C)N(c1ccc(N(/C(C=C)=C/C=C)c2cccc(CCOC)c2)cc1)c1cccc(CCOC)c1.CCC.CCC. The van der Waals surface area contributed by atoms with Crippen LogP contribution in [0.1, 0.15) is 65.5 Å². The van der Waals surface area contributed by atoms with Gasteiger partial charge in [-0.25, -0.2) is 0 Å². The quantitative estimate of drug-likeness (QED) is 0.0731. The first-order valence-corrected chi connectivity index (χ1v) is 18.9. The Kier molecular flexibility index (Phi) is 31.9. The lowest BCUT2D eigenvalue weighted by molar-refractivity contribution is -0.105. The van der Waals surface area contributed by atoms with E-state index in [0.717, 1.165) is 59.6 Å². The lowest BCUT2D eigenvalue weighted by atomic mass is 10.1. The highest BCUT2D eigenvalue weighted by molar-refractivity contribution is 5.76. The minimum Gasteiger partial charge on any atom is -0.384 e. The molecule has 0 amide bonds. The molecule has 0 spiro atoms. The second-order valence-corrected chi connectivity index (χ2v) is 12.4. The summed E-state index contributed by atoms with van der Waals surface area (Å²) in [7, 11) is 3.45. The Morgan fingerprint density at radius 3 is 1.11 bits per heavy atom.